The van der Waals surface area contributed by atoms with Gasteiger partial charge in [-0.2, -0.15) is 5.10 Å². The third-order valence-electron chi connectivity index (χ3n) is 8.67. The summed E-state index contributed by atoms with van der Waals surface area (Å²) in [4.78, 5) is 22.3. The van der Waals surface area contributed by atoms with Crippen molar-refractivity contribution >= 4 is 57.6 Å². The van der Waals surface area contributed by atoms with E-state index in [0.29, 0.717) is 42.2 Å². The molecule has 0 saturated carbocycles. The molecule has 9 nitrogen and oxygen atoms in total. The van der Waals surface area contributed by atoms with E-state index in [1.54, 1.807) is 0 Å². The molecule has 2 aromatic carbocycles. The van der Waals surface area contributed by atoms with Gasteiger partial charge in [0.2, 0.25) is 0 Å². The standard InChI is InChI=1S/C29H32F2IN6O3PS.C2H6/c1-4-16-12-26(39)21(30)13-20(16)17-5-6-19-23(11-17)38(42-32)34-27(19)28-33-22-14-24(29(40)41-3)36(15-25(22)37(28)43-31)18-7-9-35(2)10-8-18;1-2/h5-6,11-13,18,24,39,42H,4,7-10,14-15H2,1-3H3;1-2H3. The zero-order valence-corrected chi connectivity index (χ0v) is 30.0. The largest absolute Gasteiger partial charge is 0.505 e. The summed E-state index contributed by atoms with van der Waals surface area (Å²) in [6.45, 7) is 8.21. The molecule has 4 heterocycles. The van der Waals surface area contributed by atoms with E-state index >= 15 is 0 Å². The second-order valence-electron chi connectivity index (χ2n) is 11.0. The van der Waals surface area contributed by atoms with E-state index in [1.807, 2.05) is 43.4 Å². The summed E-state index contributed by atoms with van der Waals surface area (Å²) in [6, 6.07) is 8.27. The summed E-state index contributed by atoms with van der Waals surface area (Å²) in [5.41, 5.74) is 5.07. The Kier molecular flexibility index (Phi) is 11.1. The molecule has 2 unspecified atom stereocenters. The number of phenols is 1. The van der Waals surface area contributed by atoms with Crippen LogP contribution in [0.3, 0.4) is 0 Å². The lowest BCUT2D eigenvalue weighted by Crippen LogP contribution is -2.54. The van der Waals surface area contributed by atoms with Crippen LogP contribution in [0.2, 0.25) is 0 Å². The Labute approximate surface area is 281 Å². The van der Waals surface area contributed by atoms with Crippen LogP contribution in [0.25, 0.3) is 33.5 Å². The van der Waals surface area contributed by atoms with Crippen molar-refractivity contribution in [1.29, 1.82) is 0 Å². The number of hydrogen-bond acceptors (Lipinski definition) is 8. The average Bonchev–Trinajstić information content (AvgIpc) is 3.62. The fraction of sp³-hybridized carbons (Fsp3) is 0.452. The number of halogens is 3. The van der Waals surface area contributed by atoms with Gasteiger partial charge in [0.25, 0.3) is 0 Å². The summed E-state index contributed by atoms with van der Waals surface area (Å²) in [5.74, 6) is -0.961. The van der Waals surface area contributed by atoms with Crippen molar-refractivity contribution in [3.05, 3.63) is 53.1 Å². The van der Waals surface area contributed by atoms with Gasteiger partial charge in [-0.25, -0.2) is 17.8 Å². The SMILES string of the molecule is CC.CCc1cc(O)c(F)cc1-c1ccc2c(-c3nc4c(n3SF)CN(C3CCN(C)CC3)C(C(=O)OC)C4)nn(PI)c2c1. The number of fused-ring (bicyclic) bond motifs is 2. The highest BCUT2D eigenvalue weighted by atomic mass is 127. The Balaban J connectivity index is 0.00000196. The van der Waals surface area contributed by atoms with Gasteiger partial charge in [0.05, 0.1) is 30.4 Å². The zero-order chi connectivity index (χ0) is 32.4. The summed E-state index contributed by atoms with van der Waals surface area (Å²) in [7, 11) is 3.50. The number of piperidine rings is 1. The summed E-state index contributed by atoms with van der Waals surface area (Å²) in [5, 5.41) is 15.6. The smallest absolute Gasteiger partial charge is 0.323 e. The van der Waals surface area contributed by atoms with Crippen molar-refractivity contribution in [2.75, 3.05) is 27.2 Å². The summed E-state index contributed by atoms with van der Waals surface area (Å²) in [6.07, 6.45) is 3.04. The average molecular weight is 771 g/mol. The van der Waals surface area contributed by atoms with Crippen molar-refractivity contribution in [1.82, 2.24) is 28.3 Å². The normalized spacial score (nSPS) is 17.9. The lowest BCUT2D eigenvalue weighted by molar-refractivity contribution is -0.149. The van der Waals surface area contributed by atoms with Gasteiger partial charge in [-0.15, -0.1) is 3.89 Å². The van der Waals surface area contributed by atoms with Crippen LogP contribution in [0.1, 0.15) is 50.6 Å². The number of imidazole rings is 1. The predicted molar refractivity (Wildman–Crippen MR) is 186 cm³/mol. The van der Waals surface area contributed by atoms with Crippen molar-refractivity contribution in [2.24, 2.45) is 0 Å². The molecule has 1 N–H and O–H groups in total. The minimum Gasteiger partial charge on any atom is -0.505 e. The molecule has 2 atom stereocenters. The van der Waals surface area contributed by atoms with Gasteiger partial charge in [-0.1, -0.05) is 26.8 Å². The van der Waals surface area contributed by atoms with E-state index in [1.165, 1.54) is 23.2 Å². The predicted octanol–water partition coefficient (Wildman–Crippen LogP) is 7.17. The van der Waals surface area contributed by atoms with E-state index in [9.17, 15) is 18.2 Å². The quantitative estimate of drug-likeness (QED) is 0.120. The molecule has 242 valence electrons. The lowest BCUT2D eigenvalue weighted by Gasteiger charge is -2.42. The third-order valence-corrected chi connectivity index (χ3v) is 11.1. The number of hydrogen-bond donors (Lipinski definition) is 1. The molecule has 0 aliphatic carbocycles. The first-order valence-corrected chi connectivity index (χ1v) is 19.8. The van der Waals surface area contributed by atoms with Crippen molar-refractivity contribution < 1.29 is 22.9 Å². The minimum atomic E-state index is -0.676. The number of phenolic OH excluding ortho intramolecular Hbond substituents is 1. The van der Waals surface area contributed by atoms with Gasteiger partial charge in [-0.3, -0.25) is 9.69 Å². The molecule has 6 rings (SSSR count). The summed E-state index contributed by atoms with van der Waals surface area (Å²) >= 11 is 2.35. The number of methoxy groups -OCH3 is 1. The Hall–Kier alpha value is -2.32. The first kappa shape index (κ1) is 34.0. The van der Waals surface area contributed by atoms with Crippen LogP contribution < -0.4 is 0 Å². The highest BCUT2D eigenvalue weighted by Crippen LogP contribution is 2.41. The fourth-order valence-electron chi connectivity index (χ4n) is 6.35. The molecule has 2 aliphatic rings. The van der Waals surface area contributed by atoms with Crippen LogP contribution in [-0.2, 0) is 28.9 Å². The minimum absolute atomic E-state index is 0.0982. The molecule has 14 heteroatoms. The third kappa shape index (κ3) is 6.47. The topological polar surface area (TPSA) is 88.7 Å². The maximum absolute atomic E-state index is 14.8. The fourth-order valence-corrected chi connectivity index (χ4v) is 8.31. The number of benzene rings is 2. The van der Waals surface area contributed by atoms with Crippen LogP contribution >= 0.6 is 40.7 Å². The van der Waals surface area contributed by atoms with Gasteiger partial charge < -0.3 is 14.7 Å². The number of carbonyl (C=O) groups excluding carboxylic acids is 1. The zero-order valence-electron chi connectivity index (χ0n) is 26.0. The molecular formula is C31H38F2IN6O3PS. The number of nitrogens with zero attached hydrogens (tertiary/aromatic N) is 6. The first-order valence-electron chi connectivity index (χ1n) is 15.1. The first-order chi connectivity index (χ1) is 21.8. The highest BCUT2D eigenvalue weighted by Gasteiger charge is 2.41. The molecule has 0 spiro atoms. The number of esters is 1. The Bertz CT molecular complexity index is 1690. The van der Waals surface area contributed by atoms with E-state index in [-0.39, 0.29) is 36.5 Å². The van der Waals surface area contributed by atoms with Crippen LogP contribution in [0.5, 0.6) is 5.75 Å². The maximum Gasteiger partial charge on any atom is 0.323 e. The van der Waals surface area contributed by atoms with Crippen molar-refractivity contribution in [2.45, 2.75) is 65.1 Å². The monoisotopic (exact) mass is 770 g/mol. The van der Waals surface area contributed by atoms with Gasteiger partial charge >= 0.3 is 5.97 Å². The van der Waals surface area contributed by atoms with Crippen LogP contribution in [0.4, 0.5) is 8.28 Å². The van der Waals surface area contributed by atoms with Crippen molar-refractivity contribution in [3.8, 4) is 28.4 Å². The molecule has 4 aromatic rings. The van der Waals surface area contributed by atoms with Gasteiger partial charge in [0, 0.05) is 24.4 Å². The molecular weight excluding hydrogens is 732 g/mol. The van der Waals surface area contributed by atoms with Gasteiger partial charge in [-0.05, 0) is 102 Å². The number of aryl methyl sites for hydroxylation is 1. The number of carbonyl (C=O) groups is 1. The van der Waals surface area contributed by atoms with Crippen molar-refractivity contribution in [3.63, 3.8) is 0 Å². The molecule has 0 radical (unpaired) electrons. The van der Waals surface area contributed by atoms with Crippen LogP contribution in [0, 0.1) is 5.82 Å². The number of likely N-dealkylation sites (tertiary alicyclic amines) is 1. The summed E-state index contributed by atoms with van der Waals surface area (Å²) < 4.78 is 37.7. The van der Waals surface area contributed by atoms with E-state index in [2.05, 4.69) is 38.9 Å². The molecule has 0 bridgehead atoms. The van der Waals surface area contributed by atoms with Gasteiger partial charge in [0.1, 0.15) is 11.7 Å². The highest BCUT2D eigenvalue weighted by molar-refractivity contribution is 14.2. The van der Waals surface area contributed by atoms with E-state index in [0.717, 1.165) is 53.7 Å². The Morgan fingerprint density at radius 1 is 1.22 bits per heavy atom. The Morgan fingerprint density at radius 2 is 1.96 bits per heavy atom. The molecule has 2 aliphatic heterocycles. The second-order valence-corrected chi connectivity index (χ2v) is 13.6. The van der Waals surface area contributed by atoms with Gasteiger partial charge in [0.15, 0.2) is 29.7 Å². The molecule has 0 amide bonds. The number of aromatic nitrogens is 4. The molecule has 45 heavy (non-hydrogen) atoms. The second kappa shape index (κ2) is 14.6. The molecule has 1 fully saturated rings. The molecule has 2 aromatic heterocycles. The number of rotatable bonds is 7. The Morgan fingerprint density at radius 3 is 2.60 bits per heavy atom. The van der Waals surface area contributed by atoms with E-state index < -0.39 is 11.9 Å². The number of aromatic hydroxyl groups is 1. The lowest BCUT2D eigenvalue weighted by atomic mass is 9.95. The van der Waals surface area contributed by atoms with Crippen LogP contribution in [0.15, 0.2) is 30.3 Å². The molecule has 1 saturated heterocycles. The van der Waals surface area contributed by atoms with E-state index in [4.69, 9.17) is 14.8 Å². The van der Waals surface area contributed by atoms with Crippen LogP contribution in [-0.4, -0.2) is 78.7 Å². The maximum atomic E-state index is 14.8. The number of ether oxygens (including phenoxy) is 1.